The van der Waals surface area contributed by atoms with Crippen molar-refractivity contribution in [1.82, 2.24) is 14.6 Å². The Kier molecular flexibility index (Phi) is 12.1. The SMILES string of the molecule is CC1=C2OC(C)(C)CC2C(C)C(S(=O)(=O)N(CCCC(NC(=O)c2sccc2NS(=O)(=O)c2ccccc2-c2ccncc2)C(=O)OC(C)(C)C)C(=N)N)=C1C. The zero-order valence-electron chi connectivity index (χ0n) is 32.8. The molecule has 0 spiro atoms. The number of hydrogen-bond donors (Lipinski definition) is 4. The van der Waals surface area contributed by atoms with Gasteiger partial charge in [0, 0.05) is 36.3 Å². The lowest BCUT2D eigenvalue weighted by molar-refractivity contribution is -0.157. The number of allylic oxidation sites excluding steroid dienone is 4. The second-order valence-corrected chi connectivity index (χ2v) is 20.0. The predicted octanol–water partition coefficient (Wildman–Crippen LogP) is 6.37. The van der Waals surface area contributed by atoms with Crippen LogP contribution in [-0.2, 0) is 34.3 Å². The van der Waals surface area contributed by atoms with E-state index in [1.807, 2.05) is 27.7 Å². The third-order valence-electron chi connectivity index (χ3n) is 9.72. The summed E-state index contributed by atoms with van der Waals surface area (Å²) in [5.41, 5.74) is 6.87. The fraction of sp³-hybridized carbons (Fsp3) is 0.436. The topological polar surface area (TPSA) is 211 Å². The molecule has 0 radical (unpaired) electrons. The highest BCUT2D eigenvalue weighted by molar-refractivity contribution is 7.93. The van der Waals surface area contributed by atoms with Crippen molar-refractivity contribution in [2.45, 2.75) is 96.8 Å². The molecule has 17 heteroatoms. The quantitative estimate of drug-likeness (QED) is 0.0850. The maximum Gasteiger partial charge on any atom is 0.329 e. The van der Waals surface area contributed by atoms with Crippen molar-refractivity contribution in [3.05, 3.63) is 86.9 Å². The van der Waals surface area contributed by atoms with Crippen LogP contribution in [0, 0.1) is 17.2 Å². The van der Waals surface area contributed by atoms with E-state index in [2.05, 4.69) is 15.0 Å². The monoisotopic (exact) mass is 826 g/mol. The van der Waals surface area contributed by atoms with Gasteiger partial charge in [-0.25, -0.2) is 25.9 Å². The first-order valence-electron chi connectivity index (χ1n) is 18.1. The molecule has 1 fully saturated rings. The van der Waals surface area contributed by atoms with Gasteiger partial charge in [0.25, 0.3) is 26.0 Å². The maximum atomic E-state index is 14.3. The van der Waals surface area contributed by atoms with E-state index >= 15 is 0 Å². The van der Waals surface area contributed by atoms with E-state index < -0.39 is 61.0 Å². The molecule has 3 atom stereocenters. The summed E-state index contributed by atoms with van der Waals surface area (Å²) in [7, 11) is -8.51. The van der Waals surface area contributed by atoms with Crippen LogP contribution in [0.2, 0.25) is 0 Å². The Morgan fingerprint density at radius 2 is 1.75 bits per heavy atom. The van der Waals surface area contributed by atoms with E-state index in [1.165, 1.54) is 12.1 Å². The number of sulfonamides is 2. The Morgan fingerprint density at radius 3 is 2.39 bits per heavy atom. The zero-order valence-corrected chi connectivity index (χ0v) is 35.2. The molecule has 302 valence electrons. The summed E-state index contributed by atoms with van der Waals surface area (Å²) < 4.78 is 71.2. The molecule has 1 aliphatic heterocycles. The van der Waals surface area contributed by atoms with Crippen LogP contribution in [0.3, 0.4) is 0 Å². The molecule has 3 unspecified atom stereocenters. The lowest BCUT2D eigenvalue weighted by atomic mass is 9.79. The molecule has 2 aromatic heterocycles. The summed E-state index contributed by atoms with van der Waals surface area (Å²) in [4.78, 5) is 31.4. The number of aromatic nitrogens is 1. The second kappa shape index (κ2) is 16.0. The van der Waals surface area contributed by atoms with Gasteiger partial charge in [-0.05, 0) is 114 Å². The molecule has 3 heterocycles. The number of esters is 1. The number of ether oxygens (including phenoxy) is 2. The van der Waals surface area contributed by atoms with Gasteiger partial charge in [0.05, 0.1) is 15.5 Å². The molecule has 1 aromatic carbocycles. The van der Waals surface area contributed by atoms with E-state index in [1.54, 1.807) is 75.8 Å². The van der Waals surface area contributed by atoms with E-state index in [-0.39, 0.29) is 45.7 Å². The fourth-order valence-electron chi connectivity index (χ4n) is 7.13. The predicted molar refractivity (Wildman–Crippen MR) is 217 cm³/mol. The number of hydrogen-bond acceptors (Lipinski definition) is 11. The number of amides is 1. The molecule has 56 heavy (non-hydrogen) atoms. The second-order valence-electron chi connectivity index (χ2n) is 15.6. The van der Waals surface area contributed by atoms with Crippen LogP contribution < -0.4 is 15.8 Å². The van der Waals surface area contributed by atoms with Crippen LogP contribution in [0.5, 0.6) is 0 Å². The van der Waals surface area contributed by atoms with Gasteiger partial charge >= 0.3 is 5.97 Å². The van der Waals surface area contributed by atoms with Crippen molar-refractivity contribution in [1.29, 1.82) is 5.41 Å². The number of anilines is 1. The largest absolute Gasteiger partial charge is 0.492 e. The summed E-state index contributed by atoms with van der Waals surface area (Å²) in [6.07, 6.45) is 3.64. The average molecular weight is 827 g/mol. The molecule has 5 rings (SSSR count). The number of rotatable bonds is 13. The van der Waals surface area contributed by atoms with Gasteiger partial charge in [-0.2, -0.15) is 0 Å². The summed E-state index contributed by atoms with van der Waals surface area (Å²) in [6, 6.07) is 10.00. The lowest BCUT2D eigenvalue weighted by Crippen LogP contribution is -2.46. The van der Waals surface area contributed by atoms with E-state index in [0.29, 0.717) is 23.1 Å². The van der Waals surface area contributed by atoms with Gasteiger partial charge in [-0.1, -0.05) is 25.1 Å². The van der Waals surface area contributed by atoms with Gasteiger partial charge in [-0.15, -0.1) is 11.3 Å². The van der Waals surface area contributed by atoms with Crippen molar-refractivity contribution in [3.63, 3.8) is 0 Å². The van der Waals surface area contributed by atoms with Gasteiger partial charge in [0.1, 0.15) is 27.9 Å². The molecule has 0 saturated carbocycles. The molecular formula is C39H50N6O8S3. The van der Waals surface area contributed by atoms with Crippen LogP contribution in [0.15, 0.2) is 86.9 Å². The molecule has 3 aromatic rings. The van der Waals surface area contributed by atoms with Crippen LogP contribution in [0.1, 0.15) is 84.3 Å². The molecule has 1 amide bonds. The van der Waals surface area contributed by atoms with Gasteiger partial charge in [-0.3, -0.25) is 19.9 Å². The highest BCUT2D eigenvalue weighted by Gasteiger charge is 2.48. The van der Waals surface area contributed by atoms with Crippen molar-refractivity contribution >= 4 is 54.9 Å². The Bertz CT molecular complexity index is 2290. The van der Waals surface area contributed by atoms with E-state index in [0.717, 1.165) is 27.0 Å². The van der Waals surface area contributed by atoms with Crippen molar-refractivity contribution in [3.8, 4) is 11.1 Å². The minimum atomic E-state index is -4.30. The number of thiophene rings is 1. The number of carbonyl (C=O) groups is 2. The van der Waals surface area contributed by atoms with Crippen molar-refractivity contribution in [2.24, 2.45) is 17.6 Å². The van der Waals surface area contributed by atoms with Crippen molar-refractivity contribution in [2.75, 3.05) is 11.3 Å². The Labute approximate surface area is 333 Å². The molecule has 0 bridgehead atoms. The molecule has 2 aliphatic rings. The van der Waals surface area contributed by atoms with Gasteiger partial charge < -0.3 is 20.5 Å². The molecule has 14 nitrogen and oxygen atoms in total. The number of nitrogens with two attached hydrogens (primary N) is 1. The average Bonchev–Trinajstić information content (AvgIpc) is 3.70. The standard InChI is InChI=1S/C39H50N6O8S3/c1-23-24(2)34(25(3)28-22-39(7,8)52-32(23)28)56(50,51)45(37(40)41)20-11-13-30(36(47)53-38(4,5)6)43-35(46)33-29(17-21-54-33)44-55(48,49)31-14-10-9-12-27(31)26-15-18-42-19-16-26/h9-10,12,14-19,21,25,28,30,44H,11,13,20,22H2,1-8H3,(H3,40,41)(H,43,46). The summed E-state index contributed by atoms with van der Waals surface area (Å²) in [5, 5.41) is 12.5. The zero-order chi connectivity index (χ0) is 41.4. The Morgan fingerprint density at radius 1 is 1.09 bits per heavy atom. The fourth-order valence-corrected chi connectivity index (χ4v) is 11.3. The minimum Gasteiger partial charge on any atom is -0.492 e. The molecule has 1 saturated heterocycles. The highest BCUT2D eigenvalue weighted by atomic mass is 32.2. The third-order valence-corrected chi connectivity index (χ3v) is 14.3. The van der Waals surface area contributed by atoms with Crippen molar-refractivity contribution < 1.29 is 35.9 Å². The first-order valence-corrected chi connectivity index (χ1v) is 22.0. The van der Waals surface area contributed by atoms with Gasteiger partial charge in [0.2, 0.25) is 5.96 Å². The number of guanidine groups is 1. The molecule has 5 N–H and O–H groups in total. The number of nitrogens with one attached hydrogen (secondary N) is 3. The van der Waals surface area contributed by atoms with E-state index in [4.69, 9.17) is 20.6 Å². The van der Waals surface area contributed by atoms with Crippen LogP contribution in [-0.4, -0.2) is 67.7 Å². The Hall–Kier alpha value is -4.74. The number of carbonyl (C=O) groups excluding carboxylic acids is 2. The third kappa shape index (κ3) is 9.10. The Balaban J connectivity index is 1.35. The first kappa shape index (κ1) is 42.4. The number of fused-ring (bicyclic) bond motifs is 1. The molecular weight excluding hydrogens is 777 g/mol. The number of benzene rings is 1. The normalized spacial score (nSPS) is 18.8. The molecule has 1 aliphatic carbocycles. The van der Waals surface area contributed by atoms with Gasteiger partial charge in [0.15, 0.2) is 0 Å². The number of pyridine rings is 1. The first-order chi connectivity index (χ1) is 26.0. The summed E-state index contributed by atoms with van der Waals surface area (Å²) in [6.45, 7) is 14.1. The summed E-state index contributed by atoms with van der Waals surface area (Å²) >= 11 is 0.970. The van der Waals surface area contributed by atoms with E-state index in [9.17, 15) is 26.4 Å². The maximum absolute atomic E-state index is 14.3. The summed E-state index contributed by atoms with van der Waals surface area (Å²) in [5.74, 6) is -2.04. The van der Waals surface area contributed by atoms with Crippen LogP contribution in [0.4, 0.5) is 5.69 Å². The van der Waals surface area contributed by atoms with Crippen LogP contribution >= 0.6 is 11.3 Å². The van der Waals surface area contributed by atoms with Crippen LogP contribution in [0.25, 0.3) is 11.1 Å². The highest BCUT2D eigenvalue weighted by Crippen LogP contribution is 2.51. The number of nitrogens with zero attached hydrogens (tertiary/aromatic N) is 2. The minimum absolute atomic E-state index is 0.000925. The lowest BCUT2D eigenvalue weighted by Gasteiger charge is -2.33. The smallest absolute Gasteiger partial charge is 0.329 e.